The van der Waals surface area contributed by atoms with Gasteiger partial charge in [0, 0.05) is 22.7 Å². The van der Waals surface area contributed by atoms with Crippen molar-refractivity contribution in [1.82, 2.24) is 0 Å². The maximum atomic E-state index is 6.52. The van der Waals surface area contributed by atoms with Crippen molar-refractivity contribution in [2.24, 2.45) is 0 Å². The average molecular weight is 659 g/mol. The molecule has 0 unspecified atom stereocenters. The molecule has 0 radical (unpaired) electrons. The van der Waals surface area contributed by atoms with Gasteiger partial charge in [-0.3, -0.25) is 0 Å². The van der Waals surface area contributed by atoms with Crippen LogP contribution in [0.5, 0.6) is 57.5 Å². The van der Waals surface area contributed by atoms with Crippen molar-refractivity contribution in [2.45, 2.75) is 0 Å². The summed E-state index contributed by atoms with van der Waals surface area (Å²) in [7, 11) is 0. The van der Waals surface area contributed by atoms with E-state index < -0.39 is 0 Å². The largest absolute Gasteiger partial charge is 0.451 e. The van der Waals surface area contributed by atoms with Gasteiger partial charge in [-0.05, 0) is 97.1 Å². The molecular formula is C36H34N8O5. The highest BCUT2D eigenvalue weighted by Gasteiger charge is 2.22. The average Bonchev–Trinajstić information content (AvgIpc) is 3.05. The molecule has 0 heterocycles. The third-order valence-corrected chi connectivity index (χ3v) is 7.10. The molecule has 0 aliphatic rings. The Morgan fingerprint density at radius 2 is 0.510 bits per heavy atom. The number of rotatable bonds is 10. The van der Waals surface area contributed by atoms with Crippen LogP contribution in [0.2, 0.25) is 0 Å². The van der Waals surface area contributed by atoms with Crippen LogP contribution in [0.3, 0.4) is 0 Å². The number of hydrogen-bond acceptors (Lipinski definition) is 13. The minimum Gasteiger partial charge on any atom is -0.451 e. The molecular weight excluding hydrogens is 624 g/mol. The van der Waals surface area contributed by atoms with Crippen LogP contribution in [0, 0.1) is 0 Å². The summed E-state index contributed by atoms with van der Waals surface area (Å²) in [6, 6.07) is 29.6. The summed E-state index contributed by atoms with van der Waals surface area (Å²) in [5.74, 6) is 2.48. The Morgan fingerprint density at radius 1 is 0.265 bits per heavy atom. The van der Waals surface area contributed by atoms with Gasteiger partial charge in [-0.2, -0.15) is 0 Å². The van der Waals surface area contributed by atoms with Crippen LogP contribution >= 0.6 is 0 Å². The van der Waals surface area contributed by atoms with Crippen LogP contribution < -0.4 is 69.6 Å². The van der Waals surface area contributed by atoms with E-state index in [1.165, 1.54) is 0 Å². The Hall–Kier alpha value is -7.28. The Bertz CT molecular complexity index is 2020. The SMILES string of the molecule is Nc1ccc(Oc2cccc(Oc3cccc(Oc4ccc(N)cc4N)c3Oc3ccc(N)cc3N)c2Oc2ccc(N)cc2N)c(N)c1. The molecule has 13 heteroatoms. The van der Waals surface area contributed by atoms with Crippen molar-refractivity contribution in [3.8, 4) is 57.5 Å². The zero-order valence-corrected chi connectivity index (χ0v) is 26.1. The number of nitrogens with two attached hydrogens (primary N) is 8. The maximum absolute atomic E-state index is 6.52. The van der Waals surface area contributed by atoms with Gasteiger partial charge in [0.2, 0.25) is 11.5 Å². The zero-order valence-electron chi connectivity index (χ0n) is 26.1. The summed E-state index contributed by atoms with van der Waals surface area (Å²) in [6.45, 7) is 0. The van der Waals surface area contributed by atoms with E-state index in [4.69, 9.17) is 69.6 Å². The molecule has 248 valence electrons. The van der Waals surface area contributed by atoms with Crippen LogP contribution in [0.15, 0.2) is 109 Å². The van der Waals surface area contributed by atoms with Gasteiger partial charge in [0.15, 0.2) is 46.0 Å². The second-order valence-electron chi connectivity index (χ2n) is 10.9. The number of benzene rings is 6. The van der Waals surface area contributed by atoms with Gasteiger partial charge in [-0.25, -0.2) is 0 Å². The van der Waals surface area contributed by atoms with E-state index >= 15 is 0 Å². The number of nitrogen functional groups attached to an aromatic ring is 8. The molecule has 16 N–H and O–H groups in total. The summed E-state index contributed by atoms with van der Waals surface area (Å²) in [6.07, 6.45) is 0. The normalized spacial score (nSPS) is 10.7. The van der Waals surface area contributed by atoms with Gasteiger partial charge < -0.3 is 69.6 Å². The fourth-order valence-corrected chi connectivity index (χ4v) is 4.73. The summed E-state index contributed by atoms with van der Waals surface area (Å²) >= 11 is 0. The lowest BCUT2D eigenvalue weighted by Gasteiger charge is -2.20. The predicted molar refractivity (Wildman–Crippen MR) is 194 cm³/mol. The third kappa shape index (κ3) is 7.10. The highest BCUT2D eigenvalue weighted by atomic mass is 16.6. The maximum Gasteiger partial charge on any atom is 0.212 e. The molecule has 6 rings (SSSR count). The summed E-state index contributed by atoms with van der Waals surface area (Å²) < 4.78 is 31.7. The van der Waals surface area contributed by atoms with Crippen molar-refractivity contribution in [3.63, 3.8) is 0 Å². The van der Waals surface area contributed by atoms with E-state index in [-0.39, 0.29) is 45.9 Å². The molecule has 0 saturated carbocycles. The highest BCUT2D eigenvalue weighted by molar-refractivity contribution is 5.68. The number of para-hydroxylation sites is 2. The lowest BCUT2D eigenvalue weighted by molar-refractivity contribution is 0.366. The minimum absolute atomic E-state index is 0.155. The van der Waals surface area contributed by atoms with Gasteiger partial charge in [-0.15, -0.1) is 0 Å². The second kappa shape index (κ2) is 13.2. The monoisotopic (exact) mass is 658 g/mol. The Balaban J connectivity index is 1.47. The fraction of sp³-hybridized carbons (Fsp3) is 0. The van der Waals surface area contributed by atoms with Crippen LogP contribution in [0.4, 0.5) is 45.5 Å². The predicted octanol–water partition coefficient (Wildman–Crippen LogP) is 7.31. The molecule has 0 aliphatic heterocycles. The van der Waals surface area contributed by atoms with Gasteiger partial charge in [0.25, 0.3) is 0 Å². The molecule has 13 nitrogen and oxygen atoms in total. The van der Waals surface area contributed by atoms with Crippen LogP contribution in [-0.2, 0) is 0 Å². The summed E-state index contributed by atoms with van der Waals surface area (Å²) in [5, 5.41) is 0. The summed E-state index contributed by atoms with van der Waals surface area (Å²) in [4.78, 5) is 0. The van der Waals surface area contributed by atoms with Crippen LogP contribution in [-0.4, -0.2) is 0 Å². The van der Waals surface area contributed by atoms with Crippen molar-refractivity contribution in [3.05, 3.63) is 109 Å². The number of ether oxygens (including phenoxy) is 5. The zero-order chi connectivity index (χ0) is 34.7. The Labute approximate surface area is 281 Å². The van der Waals surface area contributed by atoms with E-state index in [9.17, 15) is 0 Å². The van der Waals surface area contributed by atoms with E-state index in [1.54, 1.807) is 109 Å². The number of anilines is 8. The topological polar surface area (TPSA) is 254 Å². The lowest BCUT2D eigenvalue weighted by Crippen LogP contribution is -2.01. The Kier molecular flexibility index (Phi) is 8.55. The van der Waals surface area contributed by atoms with Gasteiger partial charge in [0.1, 0.15) is 0 Å². The fourth-order valence-electron chi connectivity index (χ4n) is 4.73. The van der Waals surface area contributed by atoms with Crippen LogP contribution in [0.25, 0.3) is 0 Å². The molecule has 0 aromatic heterocycles. The minimum atomic E-state index is 0.155. The van der Waals surface area contributed by atoms with Gasteiger partial charge >= 0.3 is 0 Å². The lowest BCUT2D eigenvalue weighted by atomic mass is 10.2. The van der Waals surface area contributed by atoms with Crippen molar-refractivity contribution in [2.75, 3.05) is 45.9 Å². The van der Waals surface area contributed by atoms with E-state index in [1.807, 2.05) is 0 Å². The van der Waals surface area contributed by atoms with Crippen molar-refractivity contribution in [1.29, 1.82) is 0 Å². The Morgan fingerprint density at radius 3 is 0.776 bits per heavy atom. The quantitative estimate of drug-likeness (QED) is 0.0673. The second-order valence-corrected chi connectivity index (χ2v) is 10.9. The molecule has 6 aromatic carbocycles. The molecule has 0 spiro atoms. The molecule has 0 fully saturated rings. The van der Waals surface area contributed by atoms with Gasteiger partial charge in [-0.1, -0.05) is 12.1 Å². The molecule has 49 heavy (non-hydrogen) atoms. The van der Waals surface area contributed by atoms with Gasteiger partial charge in [0.05, 0.1) is 22.7 Å². The third-order valence-electron chi connectivity index (χ3n) is 7.10. The smallest absolute Gasteiger partial charge is 0.212 e. The van der Waals surface area contributed by atoms with Crippen molar-refractivity contribution < 1.29 is 23.7 Å². The first kappa shape index (κ1) is 31.7. The van der Waals surface area contributed by atoms with E-state index in [0.717, 1.165) is 0 Å². The van der Waals surface area contributed by atoms with E-state index in [2.05, 4.69) is 0 Å². The number of hydrogen-bond donors (Lipinski definition) is 8. The molecule has 0 atom stereocenters. The van der Waals surface area contributed by atoms with Crippen molar-refractivity contribution >= 4 is 45.5 Å². The van der Waals surface area contributed by atoms with E-state index in [0.29, 0.717) is 57.1 Å². The molecule has 0 saturated heterocycles. The molecule has 0 aliphatic carbocycles. The standard InChI is InChI=1S/C36H34N8O5/c37-19-7-11-27(23(41)15-19)45-31-3-1-5-33(35(31)48-29-13-9-21(39)17-25(29)43)47-34-6-2-4-32(46-28-12-8-20(38)16-24(28)42)36(34)49-30-14-10-22(40)18-26(30)44/h1-18H,37-44H2. The molecule has 0 bridgehead atoms. The molecule has 0 amide bonds. The first-order valence-electron chi connectivity index (χ1n) is 14.8. The first-order valence-corrected chi connectivity index (χ1v) is 14.8. The highest BCUT2D eigenvalue weighted by Crippen LogP contribution is 2.50. The summed E-state index contributed by atoms with van der Waals surface area (Å²) in [5.41, 5.74) is 51.7. The molecule has 6 aromatic rings. The van der Waals surface area contributed by atoms with Crippen LogP contribution in [0.1, 0.15) is 0 Å². The first-order chi connectivity index (χ1) is 23.5.